The van der Waals surface area contributed by atoms with Crippen molar-refractivity contribution in [3.63, 3.8) is 0 Å². The molecule has 3 heterocycles. The molecule has 0 aliphatic carbocycles. The quantitative estimate of drug-likeness (QED) is 0.192. The van der Waals surface area contributed by atoms with E-state index in [0.29, 0.717) is 0 Å². The molecule has 4 heteroatoms. The molecule has 0 fully saturated rings. The number of nitrogens with zero attached hydrogens (tertiary/aromatic N) is 1. The lowest BCUT2D eigenvalue weighted by Gasteiger charge is -2.25. The molecule has 1 nitrogen and oxygen atoms in total. The van der Waals surface area contributed by atoms with E-state index in [1.54, 1.807) is 0 Å². The van der Waals surface area contributed by atoms with E-state index in [-0.39, 0.29) is 0 Å². The number of para-hydroxylation sites is 1. The van der Waals surface area contributed by atoms with Gasteiger partial charge >= 0.3 is 0 Å². The molecule has 0 amide bonds. The predicted molar refractivity (Wildman–Crippen MR) is 197 cm³/mol. The topological polar surface area (TPSA) is 3.24 Å². The fourth-order valence-electron chi connectivity index (χ4n) is 6.91. The highest BCUT2D eigenvalue weighted by molar-refractivity contribution is 7.27. The summed E-state index contributed by atoms with van der Waals surface area (Å²) in [6.45, 7) is 0. The first-order valence-electron chi connectivity index (χ1n) is 14.8. The molecule has 0 aliphatic heterocycles. The summed E-state index contributed by atoms with van der Waals surface area (Å²) in [7, 11) is 0. The summed E-state index contributed by atoms with van der Waals surface area (Å²) in [5, 5.41) is 10.7. The highest BCUT2D eigenvalue weighted by Gasteiger charge is 2.18. The third kappa shape index (κ3) is 3.56. The van der Waals surface area contributed by atoms with Gasteiger partial charge in [0.15, 0.2) is 0 Å². The average Bonchev–Trinajstić information content (AvgIpc) is 3.76. The predicted octanol–water partition coefficient (Wildman–Crippen LogP) is 13.4. The highest BCUT2D eigenvalue weighted by atomic mass is 32.1. The lowest BCUT2D eigenvalue weighted by Crippen LogP contribution is -2.09. The van der Waals surface area contributed by atoms with Crippen molar-refractivity contribution < 1.29 is 0 Å². The SMILES string of the molecule is c1ccc(N(c2ccc3c(c2)sc2ccc4c(ccc5sc6ccccc6c54)c23)c2ccc3sc4ccccc4c3c2)cc1. The van der Waals surface area contributed by atoms with Gasteiger partial charge in [0.1, 0.15) is 0 Å². The monoisotopic (exact) mass is 613 g/mol. The van der Waals surface area contributed by atoms with Gasteiger partial charge in [-0.15, -0.1) is 34.0 Å². The molecule has 0 spiro atoms. The zero-order valence-electron chi connectivity index (χ0n) is 23.5. The minimum atomic E-state index is 1.16. The van der Waals surface area contributed by atoms with Crippen molar-refractivity contribution in [2.45, 2.75) is 0 Å². The maximum atomic E-state index is 2.40. The number of hydrogen-bond donors (Lipinski definition) is 0. The molecular weight excluding hydrogens is 591 g/mol. The fourth-order valence-corrected chi connectivity index (χ4v) is 10.3. The van der Waals surface area contributed by atoms with Crippen LogP contribution in [0.25, 0.3) is 71.3 Å². The van der Waals surface area contributed by atoms with Gasteiger partial charge < -0.3 is 4.90 Å². The van der Waals surface area contributed by atoms with E-state index >= 15 is 0 Å². The number of thiophene rings is 3. The number of anilines is 3. The van der Waals surface area contributed by atoms with E-state index in [0.717, 1.165) is 5.69 Å². The summed E-state index contributed by atoms with van der Waals surface area (Å²) in [6.07, 6.45) is 0. The smallest absolute Gasteiger partial charge is 0.0476 e. The molecule has 0 saturated carbocycles. The van der Waals surface area contributed by atoms with Crippen LogP contribution < -0.4 is 4.90 Å². The summed E-state index contributed by atoms with van der Waals surface area (Å²) >= 11 is 5.65. The van der Waals surface area contributed by atoms with Crippen LogP contribution in [0.1, 0.15) is 0 Å². The Kier molecular flexibility index (Phi) is 5.26. The molecule has 44 heavy (non-hydrogen) atoms. The lowest BCUT2D eigenvalue weighted by atomic mass is 9.99. The summed E-state index contributed by atoms with van der Waals surface area (Å²) in [4.78, 5) is 2.40. The number of hydrogen-bond acceptors (Lipinski definition) is 4. The van der Waals surface area contributed by atoms with Crippen LogP contribution in [0.4, 0.5) is 17.1 Å². The molecule has 3 aromatic heterocycles. The summed E-state index contributed by atoms with van der Waals surface area (Å²) < 4.78 is 8.00. The third-order valence-electron chi connectivity index (χ3n) is 8.85. The van der Waals surface area contributed by atoms with Gasteiger partial charge in [-0.2, -0.15) is 0 Å². The number of rotatable bonds is 3. The van der Waals surface area contributed by atoms with E-state index in [1.807, 2.05) is 34.0 Å². The van der Waals surface area contributed by atoms with Crippen LogP contribution in [-0.4, -0.2) is 0 Å². The van der Waals surface area contributed by atoms with Crippen molar-refractivity contribution in [1.29, 1.82) is 0 Å². The first kappa shape index (κ1) is 24.7. The van der Waals surface area contributed by atoms with E-state index in [1.165, 1.54) is 82.7 Å². The van der Waals surface area contributed by atoms with Gasteiger partial charge in [-0.25, -0.2) is 0 Å². The van der Waals surface area contributed by atoms with Crippen LogP contribution in [0.3, 0.4) is 0 Å². The summed E-state index contributed by atoms with van der Waals surface area (Å²) in [5.74, 6) is 0. The molecule has 7 aromatic carbocycles. The summed E-state index contributed by atoms with van der Waals surface area (Å²) in [6, 6.07) is 51.5. The Hall–Kier alpha value is -4.74. The molecule has 0 atom stereocenters. The first-order valence-corrected chi connectivity index (χ1v) is 17.2. The van der Waals surface area contributed by atoms with Crippen LogP contribution in [0.15, 0.2) is 140 Å². The van der Waals surface area contributed by atoms with Crippen LogP contribution in [0.5, 0.6) is 0 Å². The standard InChI is InChI=1S/C40H23NS3/c1-2-8-24(9-3-1)41(25-15-19-35-32(22-25)27-10-4-6-12-33(27)42-35)26-14-16-31-38(23-26)44-37-21-18-28-29(40(31)37)17-20-36-39(28)30-11-5-7-13-34(30)43-36/h1-23H. The van der Waals surface area contributed by atoms with E-state index in [4.69, 9.17) is 0 Å². The van der Waals surface area contributed by atoms with Crippen molar-refractivity contribution in [2.75, 3.05) is 4.90 Å². The average molecular weight is 614 g/mol. The fraction of sp³-hybridized carbons (Fsp3) is 0. The Morgan fingerprint density at radius 3 is 1.57 bits per heavy atom. The van der Waals surface area contributed by atoms with Crippen molar-refractivity contribution in [2.24, 2.45) is 0 Å². The van der Waals surface area contributed by atoms with Crippen molar-refractivity contribution >= 4 is 122 Å². The van der Waals surface area contributed by atoms with Crippen molar-refractivity contribution in [3.8, 4) is 0 Å². The molecule has 0 bridgehead atoms. The van der Waals surface area contributed by atoms with Crippen molar-refractivity contribution in [3.05, 3.63) is 140 Å². The molecule has 0 aliphatic rings. The molecule has 0 radical (unpaired) electrons. The Labute approximate surface area is 265 Å². The van der Waals surface area contributed by atoms with Gasteiger partial charge in [0, 0.05) is 77.6 Å². The van der Waals surface area contributed by atoms with Gasteiger partial charge in [0.05, 0.1) is 0 Å². The summed E-state index contributed by atoms with van der Waals surface area (Å²) in [5.41, 5.74) is 3.50. The molecule has 206 valence electrons. The molecule has 0 saturated heterocycles. The van der Waals surface area contributed by atoms with Gasteiger partial charge in [0.25, 0.3) is 0 Å². The second kappa shape index (κ2) is 9.38. The van der Waals surface area contributed by atoms with E-state index < -0.39 is 0 Å². The van der Waals surface area contributed by atoms with E-state index in [9.17, 15) is 0 Å². The van der Waals surface area contributed by atoms with Gasteiger partial charge in [-0.3, -0.25) is 0 Å². The second-order valence-electron chi connectivity index (χ2n) is 11.3. The minimum absolute atomic E-state index is 1.16. The third-order valence-corrected chi connectivity index (χ3v) is 12.3. The Balaban J connectivity index is 1.20. The number of fused-ring (bicyclic) bond motifs is 12. The highest BCUT2D eigenvalue weighted by Crippen LogP contribution is 2.46. The van der Waals surface area contributed by atoms with Crippen LogP contribution >= 0.6 is 34.0 Å². The molecular formula is C40H23NS3. The maximum Gasteiger partial charge on any atom is 0.0476 e. The van der Waals surface area contributed by atoms with Gasteiger partial charge in [-0.05, 0) is 77.5 Å². The Bertz CT molecular complexity index is 2730. The van der Waals surface area contributed by atoms with Crippen LogP contribution in [-0.2, 0) is 0 Å². The largest absolute Gasteiger partial charge is 0.310 e. The van der Waals surface area contributed by atoms with Crippen LogP contribution in [0, 0.1) is 0 Å². The normalized spacial score (nSPS) is 12.1. The van der Waals surface area contributed by atoms with Gasteiger partial charge in [0.2, 0.25) is 0 Å². The van der Waals surface area contributed by atoms with Gasteiger partial charge in [-0.1, -0.05) is 72.8 Å². The zero-order chi connectivity index (χ0) is 28.8. The maximum absolute atomic E-state index is 2.40. The van der Waals surface area contributed by atoms with E-state index in [2.05, 4.69) is 144 Å². The number of benzene rings is 7. The molecule has 0 N–H and O–H groups in total. The molecule has 0 unspecified atom stereocenters. The molecule has 10 aromatic rings. The zero-order valence-corrected chi connectivity index (χ0v) is 25.9. The van der Waals surface area contributed by atoms with Crippen LogP contribution in [0.2, 0.25) is 0 Å². The lowest BCUT2D eigenvalue weighted by molar-refractivity contribution is 1.30. The van der Waals surface area contributed by atoms with Crippen molar-refractivity contribution in [1.82, 2.24) is 0 Å². The minimum Gasteiger partial charge on any atom is -0.310 e. The Morgan fingerprint density at radius 2 is 0.795 bits per heavy atom. The molecule has 10 rings (SSSR count). The Morgan fingerprint density at radius 1 is 0.295 bits per heavy atom. The second-order valence-corrected chi connectivity index (χ2v) is 14.6. The first-order chi connectivity index (χ1) is 21.8.